The Labute approximate surface area is 192 Å². The summed E-state index contributed by atoms with van der Waals surface area (Å²) in [4.78, 5) is 40.7. The molecule has 9 nitrogen and oxygen atoms in total. The average molecular weight is 465 g/mol. The number of hydrogen-bond acceptors (Lipinski definition) is 8. The molecule has 1 atom stereocenters. The monoisotopic (exact) mass is 465 g/mol. The van der Waals surface area contributed by atoms with Crippen LogP contribution in [0.3, 0.4) is 0 Å². The SMILES string of the molecule is COC(=O)c1ccc2c(=O)n(Cc3ccco3)c(SC(C)c3cccc([N+](=O)[O-])c3)nc2c1. The van der Waals surface area contributed by atoms with Crippen molar-refractivity contribution in [3.63, 3.8) is 0 Å². The lowest BCUT2D eigenvalue weighted by Crippen LogP contribution is -2.24. The second-order valence-corrected chi connectivity index (χ2v) is 8.51. The molecule has 0 spiro atoms. The summed E-state index contributed by atoms with van der Waals surface area (Å²) in [5.41, 5.74) is 1.05. The highest BCUT2D eigenvalue weighted by Gasteiger charge is 2.19. The summed E-state index contributed by atoms with van der Waals surface area (Å²) in [6.45, 7) is 2.04. The van der Waals surface area contributed by atoms with Crippen LogP contribution in [0.4, 0.5) is 5.69 Å². The van der Waals surface area contributed by atoms with Gasteiger partial charge in [0.25, 0.3) is 11.2 Å². The molecule has 2 heterocycles. The van der Waals surface area contributed by atoms with E-state index in [0.717, 1.165) is 5.56 Å². The van der Waals surface area contributed by atoms with E-state index in [4.69, 9.17) is 9.15 Å². The summed E-state index contributed by atoms with van der Waals surface area (Å²) in [5.74, 6) is 0.0481. The second kappa shape index (κ2) is 9.29. The Bertz CT molecular complexity index is 1400. The van der Waals surface area contributed by atoms with Crippen LogP contribution >= 0.6 is 11.8 Å². The molecule has 168 valence electrons. The van der Waals surface area contributed by atoms with Crippen molar-refractivity contribution in [3.05, 3.63) is 98.2 Å². The normalized spacial score (nSPS) is 11.9. The number of carbonyl (C=O) groups is 1. The zero-order valence-corrected chi connectivity index (χ0v) is 18.6. The summed E-state index contributed by atoms with van der Waals surface area (Å²) in [5, 5.41) is 11.7. The van der Waals surface area contributed by atoms with E-state index in [9.17, 15) is 19.7 Å². The van der Waals surface area contributed by atoms with Gasteiger partial charge < -0.3 is 9.15 Å². The van der Waals surface area contributed by atoms with E-state index in [-0.39, 0.29) is 28.6 Å². The Balaban J connectivity index is 1.81. The molecule has 0 bridgehead atoms. The molecule has 4 aromatic rings. The number of esters is 1. The molecule has 0 amide bonds. The molecule has 0 aliphatic rings. The summed E-state index contributed by atoms with van der Waals surface area (Å²) >= 11 is 1.29. The number of carbonyl (C=O) groups excluding carboxylic acids is 1. The van der Waals surface area contributed by atoms with Crippen molar-refractivity contribution in [2.24, 2.45) is 0 Å². The first-order chi connectivity index (χ1) is 15.9. The Morgan fingerprint density at radius 3 is 2.76 bits per heavy atom. The van der Waals surface area contributed by atoms with Crippen molar-refractivity contribution in [1.29, 1.82) is 0 Å². The van der Waals surface area contributed by atoms with Crippen LogP contribution in [0.5, 0.6) is 0 Å². The number of fused-ring (bicyclic) bond motifs is 1. The molecule has 4 rings (SSSR count). The second-order valence-electron chi connectivity index (χ2n) is 7.20. The minimum absolute atomic E-state index is 0.0119. The first-order valence-corrected chi connectivity index (χ1v) is 10.8. The maximum atomic E-state index is 13.4. The molecule has 0 saturated carbocycles. The number of aromatic nitrogens is 2. The molecule has 2 aromatic heterocycles. The quantitative estimate of drug-likeness (QED) is 0.128. The summed E-state index contributed by atoms with van der Waals surface area (Å²) < 4.78 is 11.7. The van der Waals surface area contributed by atoms with Crippen LogP contribution in [0.15, 0.2) is 75.2 Å². The third kappa shape index (κ3) is 4.65. The summed E-state index contributed by atoms with van der Waals surface area (Å²) in [7, 11) is 1.28. The fourth-order valence-electron chi connectivity index (χ4n) is 3.35. The van der Waals surface area contributed by atoms with E-state index in [1.54, 1.807) is 30.3 Å². The minimum atomic E-state index is -0.530. The minimum Gasteiger partial charge on any atom is -0.467 e. The zero-order valence-electron chi connectivity index (χ0n) is 17.8. The highest BCUT2D eigenvalue weighted by Crippen LogP contribution is 2.35. The molecule has 0 aliphatic carbocycles. The maximum Gasteiger partial charge on any atom is 0.337 e. The fraction of sp³-hybridized carbons (Fsp3) is 0.174. The van der Waals surface area contributed by atoms with Gasteiger partial charge >= 0.3 is 5.97 Å². The van der Waals surface area contributed by atoms with Gasteiger partial charge in [0.15, 0.2) is 5.16 Å². The Kier molecular flexibility index (Phi) is 6.27. The van der Waals surface area contributed by atoms with E-state index in [2.05, 4.69) is 4.98 Å². The van der Waals surface area contributed by atoms with E-state index in [1.807, 2.05) is 6.92 Å². The van der Waals surface area contributed by atoms with E-state index < -0.39 is 10.9 Å². The van der Waals surface area contributed by atoms with Gasteiger partial charge in [-0.25, -0.2) is 9.78 Å². The standard InChI is InChI=1S/C23H19N3O6S/c1-14(15-5-3-6-17(11-15)26(29)30)33-23-24-20-12-16(22(28)31-2)8-9-19(20)21(27)25(23)13-18-7-4-10-32-18/h3-12,14H,13H2,1-2H3. The van der Waals surface area contributed by atoms with Gasteiger partial charge in [0.05, 0.1) is 41.3 Å². The number of nitrogens with zero attached hydrogens (tertiary/aromatic N) is 3. The number of hydrogen-bond donors (Lipinski definition) is 0. The molecule has 0 radical (unpaired) electrons. The van der Waals surface area contributed by atoms with Crippen molar-refractivity contribution >= 4 is 34.3 Å². The van der Waals surface area contributed by atoms with Gasteiger partial charge in [-0.1, -0.05) is 23.9 Å². The third-order valence-electron chi connectivity index (χ3n) is 5.07. The molecule has 0 aliphatic heterocycles. The van der Waals surface area contributed by atoms with E-state index in [0.29, 0.717) is 21.8 Å². The number of thioether (sulfide) groups is 1. The molecule has 0 fully saturated rings. The number of ether oxygens (including phenoxy) is 1. The Hall–Kier alpha value is -3.92. The van der Waals surface area contributed by atoms with Gasteiger partial charge in [0.2, 0.25) is 0 Å². The highest BCUT2D eigenvalue weighted by atomic mass is 32.2. The Morgan fingerprint density at radius 1 is 1.24 bits per heavy atom. The number of nitro groups is 1. The van der Waals surface area contributed by atoms with Gasteiger partial charge in [-0.3, -0.25) is 19.5 Å². The van der Waals surface area contributed by atoms with Crippen LogP contribution in [0.1, 0.15) is 33.9 Å². The molecular formula is C23H19N3O6S. The highest BCUT2D eigenvalue weighted by molar-refractivity contribution is 7.99. The smallest absolute Gasteiger partial charge is 0.337 e. The molecule has 2 aromatic carbocycles. The zero-order chi connectivity index (χ0) is 23.5. The number of rotatable bonds is 7. The first kappa shape index (κ1) is 22.3. The van der Waals surface area contributed by atoms with Gasteiger partial charge in [-0.15, -0.1) is 0 Å². The van der Waals surface area contributed by atoms with E-state index in [1.165, 1.54) is 54.0 Å². The number of methoxy groups -OCH3 is 1. The lowest BCUT2D eigenvalue weighted by Gasteiger charge is -2.16. The number of non-ortho nitro benzene ring substituents is 1. The average Bonchev–Trinajstić information content (AvgIpc) is 3.34. The lowest BCUT2D eigenvalue weighted by molar-refractivity contribution is -0.384. The Morgan fingerprint density at radius 2 is 2.06 bits per heavy atom. The lowest BCUT2D eigenvalue weighted by atomic mass is 10.1. The van der Waals surface area contributed by atoms with Crippen molar-refractivity contribution in [3.8, 4) is 0 Å². The molecule has 0 saturated heterocycles. The molecular weight excluding hydrogens is 446 g/mol. The van der Waals surface area contributed by atoms with Gasteiger partial charge in [-0.2, -0.15) is 0 Å². The summed E-state index contributed by atoms with van der Waals surface area (Å²) in [6, 6.07) is 14.4. The third-order valence-corrected chi connectivity index (χ3v) is 6.22. The first-order valence-electron chi connectivity index (χ1n) is 9.93. The van der Waals surface area contributed by atoms with Crippen molar-refractivity contribution < 1.29 is 18.9 Å². The molecule has 0 N–H and O–H groups in total. The van der Waals surface area contributed by atoms with Crippen LogP contribution in [0, 0.1) is 10.1 Å². The van der Waals surface area contributed by atoms with Gasteiger partial charge in [0, 0.05) is 17.4 Å². The van der Waals surface area contributed by atoms with Crippen LogP contribution in [0.2, 0.25) is 0 Å². The van der Waals surface area contributed by atoms with Crippen molar-refractivity contribution in [2.75, 3.05) is 7.11 Å². The number of nitro benzene ring substituents is 1. The molecule has 33 heavy (non-hydrogen) atoms. The van der Waals surface area contributed by atoms with Crippen LogP contribution in [-0.4, -0.2) is 27.6 Å². The number of benzene rings is 2. The largest absolute Gasteiger partial charge is 0.467 e. The van der Waals surface area contributed by atoms with Crippen LogP contribution in [-0.2, 0) is 11.3 Å². The van der Waals surface area contributed by atoms with Gasteiger partial charge in [-0.05, 0) is 42.8 Å². The predicted octanol–water partition coefficient (Wildman–Crippen LogP) is 4.59. The molecule has 1 unspecified atom stereocenters. The maximum absolute atomic E-state index is 13.4. The fourth-order valence-corrected chi connectivity index (χ4v) is 4.38. The van der Waals surface area contributed by atoms with Crippen molar-refractivity contribution in [1.82, 2.24) is 9.55 Å². The topological polar surface area (TPSA) is 117 Å². The van der Waals surface area contributed by atoms with Crippen LogP contribution in [0.25, 0.3) is 10.9 Å². The van der Waals surface area contributed by atoms with E-state index >= 15 is 0 Å². The van der Waals surface area contributed by atoms with Crippen molar-refractivity contribution in [2.45, 2.75) is 23.9 Å². The predicted molar refractivity (Wildman–Crippen MR) is 123 cm³/mol. The molecule has 10 heteroatoms. The summed E-state index contributed by atoms with van der Waals surface area (Å²) in [6.07, 6.45) is 1.52. The van der Waals surface area contributed by atoms with Gasteiger partial charge in [0.1, 0.15) is 5.76 Å². The van der Waals surface area contributed by atoms with Crippen LogP contribution < -0.4 is 5.56 Å². The number of furan rings is 1.